The second-order valence-corrected chi connectivity index (χ2v) is 4.29. The van der Waals surface area contributed by atoms with E-state index in [0.717, 1.165) is 24.3 Å². The van der Waals surface area contributed by atoms with E-state index in [0.29, 0.717) is 0 Å². The molecule has 1 N–H and O–H groups in total. The zero-order valence-corrected chi connectivity index (χ0v) is 10.7. The Labute approximate surface area is 117 Å². The van der Waals surface area contributed by atoms with Crippen molar-refractivity contribution in [3.8, 4) is 0 Å². The topological polar surface area (TPSA) is 51.1 Å². The van der Waals surface area contributed by atoms with Crippen LogP contribution in [0.4, 0.5) is 18.9 Å². The summed E-state index contributed by atoms with van der Waals surface area (Å²) in [5, 5.41) is 2.43. The van der Waals surface area contributed by atoms with E-state index in [2.05, 4.69) is 5.32 Å². The average Bonchev–Trinajstić information content (AvgIpc) is 2.41. The molecular formula is C14H11F3N2O2. The first kappa shape index (κ1) is 14.8. The molecule has 1 amide bonds. The van der Waals surface area contributed by atoms with Gasteiger partial charge in [0.15, 0.2) is 0 Å². The zero-order valence-electron chi connectivity index (χ0n) is 10.7. The summed E-state index contributed by atoms with van der Waals surface area (Å²) in [6.45, 7) is -0.208. The molecule has 0 unspecified atom stereocenters. The lowest BCUT2D eigenvalue weighted by Crippen LogP contribution is -2.26. The van der Waals surface area contributed by atoms with Gasteiger partial charge < -0.3 is 9.88 Å². The summed E-state index contributed by atoms with van der Waals surface area (Å²) in [4.78, 5) is 23.1. The number of hydrogen-bond donors (Lipinski definition) is 1. The molecule has 1 heterocycles. The fourth-order valence-corrected chi connectivity index (χ4v) is 1.69. The number of halogens is 3. The minimum atomic E-state index is -4.42. The van der Waals surface area contributed by atoms with Crippen LogP contribution in [0, 0.1) is 0 Å². The van der Waals surface area contributed by atoms with Crippen molar-refractivity contribution in [3.63, 3.8) is 0 Å². The Hall–Kier alpha value is -2.57. The number of anilines is 1. The normalized spacial score (nSPS) is 11.2. The molecule has 0 aliphatic rings. The highest BCUT2D eigenvalue weighted by Crippen LogP contribution is 2.29. The monoisotopic (exact) mass is 296 g/mol. The van der Waals surface area contributed by atoms with Gasteiger partial charge in [0, 0.05) is 18.0 Å². The molecule has 21 heavy (non-hydrogen) atoms. The SMILES string of the molecule is O=C(Cn1ccccc1=O)Nc1ccc(C(F)(F)F)cc1. The van der Waals surface area contributed by atoms with E-state index in [1.54, 1.807) is 12.1 Å². The first-order valence-electron chi connectivity index (χ1n) is 5.99. The lowest BCUT2D eigenvalue weighted by Gasteiger charge is -2.09. The van der Waals surface area contributed by atoms with Gasteiger partial charge in [-0.05, 0) is 30.3 Å². The molecule has 2 rings (SSSR count). The van der Waals surface area contributed by atoms with E-state index in [4.69, 9.17) is 0 Å². The third-order valence-electron chi connectivity index (χ3n) is 2.71. The molecule has 0 bridgehead atoms. The number of rotatable bonds is 3. The van der Waals surface area contributed by atoms with Crippen LogP contribution >= 0.6 is 0 Å². The summed E-state index contributed by atoms with van der Waals surface area (Å²) < 4.78 is 38.4. The maximum Gasteiger partial charge on any atom is 0.416 e. The number of nitrogens with zero attached hydrogens (tertiary/aromatic N) is 1. The number of hydrogen-bond acceptors (Lipinski definition) is 2. The van der Waals surface area contributed by atoms with Crippen molar-refractivity contribution in [2.75, 3.05) is 5.32 Å². The van der Waals surface area contributed by atoms with E-state index >= 15 is 0 Å². The molecule has 2 aromatic rings. The molecule has 1 aromatic carbocycles. The van der Waals surface area contributed by atoms with Crippen LogP contribution in [-0.4, -0.2) is 10.5 Å². The van der Waals surface area contributed by atoms with Gasteiger partial charge in [-0.15, -0.1) is 0 Å². The Morgan fingerprint density at radius 2 is 1.76 bits per heavy atom. The molecule has 0 radical (unpaired) electrons. The van der Waals surface area contributed by atoms with Crippen LogP contribution in [0.5, 0.6) is 0 Å². The predicted octanol–water partition coefficient (Wildman–Crippen LogP) is 2.51. The highest BCUT2D eigenvalue weighted by molar-refractivity contribution is 5.90. The van der Waals surface area contributed by atoms with Crippen LogP contribution in [-0.2, 0) is 17.5 Å². The summed E-state index contributed by atoms with van der Waals surface area (Å²) >= 11 is 0. The number of aromatic nitrogens is 1. The van der Waals surface area contributed by atoms with Gasteiger partial charge in [0.1, 0.15) is 6.54 Å². The van der Waals surface area contributed by atoms with Gasteiger partial charge in [0.25, 0.3) is 5.56 Å². The maximum absolute atomic E-state index is 12.4. The second kappa shape index (κ2) is 5.82. The van der Waals surface area contributed by atoms with E-state index in [-0.39, 0.29) is 17.8 Å². The fourth-order valence-electron chi connectivity index (χ4n) is 1.69. The summed E-state index contributed by atoms with van der Waals surface area (Å²) in [5.74, 6) is -0.497. The van der Waals surface area contributed by atoms with Crippen LogP contribution in [0.15, 0.2) is 53.5 Å². The fraction of sp³-hybridized carbons (Fsp3) is 0.143. The number of benzene rings is 1. The number of carbonyl (C=O) groups excluding carboxylic acids is 1. The molecule has 4 nitrogen and oxygen atoms in total. The van der Waals surface area contributed by atoms with Crippen molar-refractivity contribution >= 4 is 11.6 Å². The summed E-state index contributed by atoms with van der Waals surface area (Å²) in [7, 11) is 0. The van der Waals surface area contributed by atoms with Gasteiger partial charge in [-0.1, -0.05) is 6.07 Å². The quantitative estimate of drug-likeness (QED) is 0.946. The lowest BCUT2D eigenvalue weighted by atomic mass is 10.2. The van der Waals surface area contributed by atoms with Crippen molar-refractivity contribution in [1.29, 1.82) is 0 Å². The van der Waals surface area contributed by atoms with Crippen LogP contribution < -0.4 is 10.9 Å². The van der Waals surface area contributed by atoms with Crippen molar-refractivity contribution in [2.45, 2.75) is 12.7 Å². The molecule has 7 heteroatoms. The predicted molar refractivity (Wildman–Crippen MR) is 70.8 cm³/mol. The Balaban J connectivity index is 2.03. The number of carbonyl (C=O) groups is 1. The standard InChI is InChI=1S/C14H11F3N2O2/c15-14(16,17)10-4-6-11(7-5-10)18-12(20)9-19-8-2-1-3-13(19)21/h1-8H,9H2,(H,18,20). The van der Waals surface area contributed by atoms with Crippen LogP contribution in [0.2, 0.25) is 0 Å². The molecular weight excluding hydrogens is 285 g/mol. The second-order valence-electron chi connectivity index (χ2n) is 4.29. The van der Waals surface area contributed by atoms with Crippen LogP contribution in [0.1, 0.15) is 5.56 Å². The molecule has 0 aliphatic heterocycles. The molecule has 0 atom stereocenters. The van der Waals surface area contributed by atoms with E-state index in [9.17, 15) is 22.8 Å². The lowest BCUT2D eigenvalue weighted by molar-refractivity contribution is -0.137. The molecule has 0 saturated carbocycles. The van der Waals surface area contributed by atoms with Crippen molar-refractivity contribution < 1.29 is 18.0 Å². The molecule has 0 fully saturated rings. The number of pyridine rings is 1. The van der Waals surface area contributed by atoms with E-state index < -0.39 is 17.6 Å². The minimum absolute atomic E-state index is 0.208. The Morgan fingerprint density at radius 1 is 1.10 bits per heavy atom. The summed E-state index contributed by atoms with van der Waals surface area (Å²) in [5.41, 5.74) is -0.892. The van der Waals surface area contributed by atoms with Crippen molar-refractivity contribution in [1.82, 2.24) is 4.57 Å². The summed E-state index contributed by atoms with van der Waals surface area (Å²) in [6, 6.07) is 8.54. The van der Waals surface area contributed by atoms with Gasteiger partial charge in [-0.2, -0.15) is 13.2 Å². The smallest absolute Gasteiger partial charge is 0.325 e. The molecule has 110 valence electrons. The van der Waals surface area contributed by atoms with E-state index in [1.807, 2.05) is 0 Å². The Kier molecular flexibility index (Phi) is 4.11. The summed E-state index contributed by atoms with van der Waals surface area (Å²) in [6.07, 6.45) is -2.96. The van der Waals surface area contributed by atoms with Crippen molar-refractivity contribution in [3.05, 3.63) is 64.6 Å². The average molecular weight is 296 g/mol. The number of nitrogens with one attached hydrogen (secondary N) is 1. The Morgan fingerprint density at radius 3 is 2.33 bits per heavy atom. The first-order valence-corrected chi connectivity index (χ1v) is 5.99. The van der Waals surface area contributed by atoms with Gasteiger partial charge in [-0.25, -0.2) is 0 Å². The number of alkyl halides is 3. The zero-order chi connectivity index (χ0) is 15.5. The highest BCUT2D eigenvalue weighted by atomic mass is 19.4. The first-order chi connectivity index (χ1) is 9.86. The van der Waals surface area contributed by atoms with E-state index in [1.165, 1.54) is 16.8 Å². The molecule has 0 aliphatic carbocycles. The highest BCUT2D eigenvalue weighted by Gasteiger charge is 2.29. The minimum Gasteiger partial charge on any atom is -0.325 e. The third kappa shape index (κ3) is 3.95. The molecule has 1 aromatic heterocycles. The van der Waals surface area contributed by atoms with Crippen molar-refractivity contribution in [2.24, 2.45) is 0 Å². The number of amides is 1. The molecule has 0 saturated heterocycles. The van der Waals surface area contributed by atoms with Gasteiger partial charge in [0.2, 0.25) is 5.91 Å². The largest absolute Gasteiger partial charge is 0.416 e. The van der Waals surface area contributed by atoms with Crippen LogP contribution in [0.25, 0.3) is 0 Å². The maximum atomic E-state index is 12.4. The van der Waals surface area contributed by atoms with Gasteiger partial charge >= 0.3 is 6.18 Å². The van der Waals surface area contributed by atoms with Gasteiger partial charge in [0.05, 0.1) is 5.56 Å². The van der Waals surface area contributed by atoms with Crippen LogP contribution in [0.3, 0.4) is 0 Å². The Bertz CT molecular complexity index is 690. The third-order valence-corrected chi connectivity index (χ3v) is 2.71. The molecule has 0 spiro atoms. The van der Waals surface area contributed by atoms with Gasteiger partial charge in [-0.3, -0.25) is 9.59 Å².